The van der Waals surface area contributed by atoms with Crippen LogP contribution >= 0.6 is 0 Å². The second-order valence-corrected chi connectivity index (χ2v) is 4.97. The molecule has 0 amide bonds. The van der Waals surface area contributed by atoms with Crippen LogP contribution in [0, 0.1) is 6.92 Å². The van der Waals surface area contributed by atoms with Gasteiger partial charge in [-0.3, -0.25) is 0 Å². The third-order valence-corrected chi connectivity index (χ3v) is 3.40. The van der Waals surface area contributed by atoms with Gasteiger partial charge >= 0.3 is 12.0 Å². The molecule has 9 heteroatoms. The molecular formula is C14H18N6O3. The zero-order valence-electron chi connectivity index (χ0n) is 13.3. The number of morpholine rings is 1. The molecule has 2 aromatic rings. The fourth-order valence-corrected chi connectivity index (χ4v) is 2.26. The minimum atomic E-state index is -0.239. The molecule has 122 valence electrons. The molecule has 9 nitrogen and oxygen atoms in total. The summed E-state index contributed by atoms with van der Waals surface area (Å²) < 4.78 is 16.0. The Kier molecular flexibility index (Phi) is 4.47. The molecule has 23 heavy (non-hydrogen) atoms. The van der Waals surface area contributed by atoms with Gasteiger partial charge in [0, 0.05) is 18.4 Å². The van der Waals surface area contributed by atoms with Crippen LogP contribution in [0.15, 0.2) is 12.3 Å². The Balaban J connectivity index is 1.83. The highest BCUT2D eigenvalue weighted by atomic mass is 16.5. The van der Waals surface area contributed by atoms with Crippen LogP contribution in [0.3, 0.4) is 0 Å². The Labute approximate surface area is 133 Å². The molecular weight excluding hydrogens is 300 g/mol. The van der Waals surface area contributed by atoms with Crippen molar-refractivity contribution in [2.24, 2.45) is 0 Å². The van der Waals surface area contributed by atoms with E-state index in [1.807, 2.05) is 17.9 Å². The van der Waals surface area contributed by atoms with E-state index in [0.717, 1.165) is 5.69 Å². The van der Waals surface area contributed by atoms with E-state index in [0.29, 0.717) is 31.5 Å². The van der Waals surface area contributed by atoms with Crippen molar-refractivity contribution in [3.8, 4) is 12.0 Å². The molecule has 1 saturated heterocycles. The number of hydrogen-bond donors (Lipinski definition) is 0. The predicted molar refractivity (Wildman–Crippen MR) is 80.6 cm³/mol. The van der Waals surface area contributed by atoms with E-state index in [1.165, 1.54) is 14.2 Å². The summed E-state index contributed by atoms with van der Waals surface area (Å²) in [7, 11) is 3.00. The summed E-state index contributed by atoms with van der Waals surface area (Å²) >= 11 is 0. The van der Waals surface area contributed by atoms with E-state index >= 15 is 0 Å². The van der Waals surface area contributed by atoms with Crippen LogP contribution in [0.5, 0.6) is 12.0 Å². The largest absolute Gasteiger partial charge is 0.467 e. The Morgan fingerprint density at radius 2 is 1.87 bits per heavy atom. The first kappa shape index (κ1) is 15.3. The van der Waals surface area contributed by atoms with Crippen molar-refractivity contribution in [3.63, 3.8) is 0 Å². The van der Waals surface area contributed by atoms with Crippen molar-refractivity contribution in [2.75, 3.05) is 38.8 Å². The van der Waals surface area contributed by atoms with Gasteiger partial charge in [0.2, 0.25) is 5.95 Å². The van der Waals surface area contributed by atoms with Crippen molar-refractivity contribution in [2.45, 2.75) is 13.0 Å². The lowest BCUT2D eigenvalue weighted by Gasteiger charge is -2.32. The normalized spacial score (nSPS) is 17.9. The molecule has 2 aromatic heterocycles. The van der Waals surface area contributed by atoms with Crippen molar-refractivity contribution in [1.29, 1.82) is 0 Å². The van der Waals surface area contributed by atoms with Crippen LogP contribution in [0.1, 0.15) is 17.6 Å². The Morgan fingerprint density at radius 1 is 1.13 bits per heavy atom. The van der Waals surface area contributed by atoms with Crippen molar-refractivity contribution < 1.29 is 14.2 Å². The van der Waals surface area contributed by atoms with Crippen molar-refractivity contribution >= 4 is 5.95 Å². The second kappa shape index (κ2) is 6.69. The number of hydrogen-bond acceptors (Lipinski definition) is 9. The van der Waals surface area contributed by atoms with Crippen LogP contribution in [-0.2, 0) is 4.74 Å². The lowest BCUT2D eigenvalue weighted by molar-refractivity contribution is 0.0332. The van der Waals surface area contributed by atoms with Gasteiger partial charge in [0.1, 0.15) is 6.10 Å². The molecule has 1 aliphatic rings. The third-order valence-electron chi connectivity index (χ3n) is 3.40. The lowest BCUT2D eigenvalue weighted by atomic mass is 10.2. The average molecular weight is 318 g/mol. The number of aromatic nitrogens is 5. The number of methoxy groups -OCH3 is 2. The van der Waals surface area contributed by atoms with E-state index in [-0.39, 0.29) is 18.1 Å². The molecule has 1 fully saturated rings. The molecule has 0 bridgehead atoms. The maximum Gasteiger partial charge on any atom is 0.324 e. The Morgan fingerprint density at radius 3 is 2.52 bits per heavy atom. The molecule has 1 aliphatic heterocycles. The third kappa shape index (κ3) is 3.45. The second-order valence-electron chi connectivity index (χ2n) is 4.97. The van der Waals surface area contributed by atoms with Gasteiger partial charge in [-0.15, -0.1) is 4.98 Å². The summed E-state index contributed by atoms with van der Waals surface area (Å²) in [4.78, 5) is 23.3. The van der Waals surface area contributed by atoms with E-state index in [1.54, 1.807) is 6.20 Å². The topological polar surface area (TPSA) is 95.4 Å². The van der Waals surface area contributed by atoms with Crippen LogP contribution in [-0.4, -0.2) is 58.8 Å². The molecule has 0 aliphatic carbocycles. The van der Waals surface area contributed by atoms with E-state index in [2.05, 4.69) is 24.9 Å². The first-order valence-corrected chi connectivity index (χ1v) is 7.19. The summed E-state index contributed by atoms with van der Waals surface area (Å²) in [6.07, 6.45) is 1.49. The molecule has 1 unspecified atom stereocenters. The Hall–Kier alpha value is -2.55. The fraction of sp³-hybridized carbons (Fsp3) is 0.500. The minimum absolute atomic E-state index is 0.210. The van der Waals surface area contributed by atoms with Gasteiger partial charge in [0.05, 0.1) is 27.4 Å². The fourth-order valence-electron chi connectivity index (χ4n) is 2.26. The van der Waals surface area contributed by atoms with Gasteiger partial charge in [-0.05, 0) is 13.0 Å². The summed E-state index contributed by atoms with van der Waals surface area (Å²) in [5.74, 6) is 1.14. The van der Waals surface area contributed by atoms with Gasteiger partial charge in [-0.1, -0.05) is 0 Å². The molecule has 0 radical (unpaired) electrons. The SMILES string of the molecule is COc1nc(OC)nc(N2CCOC(c3nccc(C)n3)C2)n1. The van der Waals surface area contributed by atoms with Gasteiger partial charge in [0.15, 0.2) is 5.82 Å². The van der Waals surface area contributed by atoms with E-state index in [4.69, 9.17) is 14.2 Å². The maximum atomic E-state index is 5.78. The highest BCUT2D eigenvalue weighted by molar-refractivity contribution is 5.33. The predicted octanol–water partition coefficient (Wildman–Crippen LogP) is 0.565. The minimum Gasteiger partial charge on any atom is -0.467 e. The standard InChI is InChI=1S/C14H18N6O3/c1-9-4-5-15-11(16-9)10-8-20(6-7-23-10)12-17-13(21-2)19-14(18-12)22-3/h4-5,10H,6-8H2,1-3H3. The number of rotatable bonds is 4. The monoisotopic (exact) mass is 318 g/mol. The number of aryl methyl sites for hydroxylation is 1. The van der Waals surface area contributed by atoms with Crippen LogP contribution in [0.25, 0.3) is 0 Å². The van der Waals surface area contributed by atoms with Crippen LogP contribution in [0.4, 0.5) is 5.95 Å². The molecule has 0 spiro atoms. The van der Waals surface area contributed by atoms with Crippen molar-refractivity contribution in [1.82, 2.24) is 24.9 Å². The summed E-state index contributed by atoms with van der Waals surface area (Å²) in [6.45, 7) is 3.64. The average Bonchev–Trinajstić information content (AvgIpc) is 2.61. The highest BCUT2D eigenvalue weighted by Gasteiger charge is 2.26. The highest BCUT2D eigenvalue weighted by Crippen LogP contribution is 2.24. The zero-order valence-corrected chi connectivity index (χ0v) is 13.3. The molecule has 0 N–H and O–H groups in total. The molecule has 3 rings (SSSR count). The smallest absolute Gasteiger partial charge is 0.324 e. The maximum absolute atomic E-state index is 5.78. The summed E-state index contributed by atoms with van der Waals surface area (Å²) in [6, 6.07) is 2.27. The lowest BCUT2D eigenvalue weighted by Crippen LogP contribution is -2.40. The van der Waals surface area contributed by atoms with Gasteiger partial charge < -0.3 is 19.1 Å². The first-order valence-electron chi connectivity index (χ1n) is 7.19. The molecule has 1 atom stereocenters. The quantitative estimate of drug-likeness (QED) is 0.801. The number of nitrogens with zero attached hydrogens (tertiary/aromatic N) is 6. The van der Waals surface area contributed by atoms with E-state index < -0.39 is 0 Å². The number of anilines is 1. The number of ether oxygens (including phenoxy) is 3. The molecule has 3 heterocycles. The van der Waals surface area contributed by atoms with Gasteiger partial charge in [-0.25, -0.2) is 9.97 Å². The summed E-state index contributed by atoms with van der Waals surface area (Å²) in [5.41, 5.74) is 0.902. The van der Waals surface area contributed by atoms with Gasteiger partial charge in [0.25, 0.3) is 0 Å². The zero-order chi connectivity index (χ0) is 16.2. The summed E-state index contributed by atoms with van der Waals surface area (Å²) in [5, 5.41) is 0. The molecule has 0 saturated carbocycles. The van der Waals surface area contributed by atoms with Crippen LogP contribution in [0.2, 0.25) is 0 Å². The first-order chi connectivity index (χ1) is 11.2. The van der Waals surface area contributed by atoms with Crippen LogP contribution < -0.4 is 14.4 Å². The molecule has 0 aromatic carbocycles. The van der Waals surface area contributed by atoms with Crippen molar-refractivity contribution in [3.05, 3.63) is 23.8 Å². The van der Waals surface area contributed by atoms with E-state index in [9.17, 15) is 0 Å². The van der Waals surface area contributed by atoms with Gasteiger partial charge in [-0.2, -0.15) is 9.97 Å². The Bertz CT molecular complexity index is 661.